The smallest absolute Gasteiger partial charge is 0.251 e. The van der Waals surface area contributed by atoms with E-state index in [1.54, 1.807) is 19.2 Å². The second-order valence-corrected chi connectivity index (χ2v) is 6.53. The summed E-state index contributed by atoms with van der Waals surface area (Å²) in [6.45, 7) is 6.03. The number of hydrogen-bond acceptors (Lipinski definition) is 5. The number of guanidine groups is 1. The number of halogens is 1. The molecular weight excluding hydrogens is 511 g/mol. The van der Waals surface area contributed by atoms with Crippen LogP contribution in [0, 0.1) is 0 Å². The highest BCUT2D eigenvalue weighted by Gasteiger charge is 2.09. The van der Waals surface area contributed by atoms with Crippen molar-refractivity contribution >= 4 is 35.8 Å². The van der Waals surface area contributed by atoms with Gasteiger partial charge in [-0.05, 0) is 50.2 Å². The normalized spacial score (nSPS) is 11.6. The lowest BCUT2D eigenvalue weighted by atomic mass is 10.2. The average Bonchev–Trinajstić information content (AvgIpc) is 2.75. The monoisotopic (exact) mass is 542 g/mol. The maximum atomic E-state index is 12.1. The lowest BCUT2D eigenvalue weighted by Gasteiger charge is -2.17. The summed E-state index contributed by atoms with van der Waals surface area (Å²) in [6.07, 6.45) is -0.147. The van der Waals surface area contributed by atoms with Crippen molar-refractivity contribution in [3.63, 3.8) is 0 Å². The van der Waals surface area contributed by atoms with Crippen LogP contribution in [-0.2, 0) is 0 Å². The van der Waals surface area contributed by atoms with Crippen LogP contribution in [0.1, 0.15) is 24.2 Å². The van der Waals surface area contributed by atoms with Crippen LogP contribution < -0.4 is 25.4 Å². The van der Waals surface area contributed by atoms with Crippen LogP contribution in [0.2, 0.25) is 0 Å². The molecule has 0 spiro atoms. The molecule has 0 fully saturated rings. The van der Waals surface area contributed by atoms with E-state index in [1.807, 2.05) is 38.1 Å². The number of methoxy groups -OCH3 is 1. The second-order valence-electron chi connectivity index (χ2n) is 6.53. The predicted octanol–water partition coefficient (Wildman–Crippen LogP) is 2.77. The number of phenolic OH excluding ortho intramolecular Hbond substituents is 1. The molecule has 2 rings (SSSR count). The van der Waals surface area contributed by atoms with E-state index in [-0.39, 0.29) is 41.7 Å². The number of hydrogen-bond donors (Lipinski definition) is 4. The minimum atomic E-state index is -0.197. The summed E-state index contributed by atoms with van der Waals surface area (Å²) in [7, 11) is 1.61. The third-order valence-corrected chi connectivity index (χ3v) is 4.08. The number of nitrogens with one attached hydrogen (secondary N) is 3. The van der Waals surface area contributed by atoms with Gasteiger partial charge in [-0.1, -0.05) is 12.1 Å². The van der Waals surface area contributed by atoms with E-state index >= 15 is 0 Å². The molecule has 8 nitrogen and oxygen atoms in total. The number of aliphatic imine (C=N–C) groups is 1. The molecule has 0 heterocycles. The minimum absolute atomic E-state index is 0. The van der Waals surface area contributed by atoms with E-state index < -0.39 is 0 Å². The molecule has 2 aromatic rings. The van der Waals surface area contributed by atoms with E-state index in [2.05, 4.69) is 20.9 Å². The molecule has 0 bridgehead atoms. The molecule has 31 heavy (non-hydrogen) atoms. The molecule has 0 aliphatic carbocycles. The van der Waals surface area contributed by atoms with E-state index in [9.17, 15) is 9.90 Å². The zero-order valence-corrected chi connectivity index (χ0v) is 20.4. The van der Waals surface area contributed by atoms with Crippen LogP contribution in [-0.4, -0.2) is 56.4 Å². The van der Waals surface area contributed by atoms with Gasteiger partial charge < -0.3 is 30.5 Å². The highest BCUT2D eigenvalue weighted by Crippen LogP contribution is 2.26. The molecule has 2 aromatic carbocycles. The van der Waals surface area contributed by atoms with Gasteiger partial charge in [-0.25, -0.2) is 4.99 Å². The molecule has 9 heteroatoms. The number of benzene rings is 2. The fourth-order valence-electron chi connectivity index (χ4n) is 2.60. The van der Waals surface area contributed by atoms with Gasteiger partial charge in [0.05, 0.1) is 13.7 Å². The first-order chi connectivity index (χ1) is 14.5. The summed E-state index contributed by atoms with van der Waals surface area (Å²) in [4.78, 5) is 16.6. The number of ether oxygens (including phenoxy) is 2. The van der Waals surface area contributed by atoms with Crippen molar-refractivity contribution in [2.75, 3.05) is 33.3 Å². The highest BCUT2D eigenvalue weighted by atomic mass is 127. The number of aromatic hydroxyl groups is 1. The molecule has 0 radical (unpaired) electrons. The molecule has 4 N–H and O–H groups in total. The Morgan fingerprint density at radius 3 is 2.32 bits per heavy atom. The maximum Gasteiger partial charge on any atom is 0.251 e. The predicted molar refractivity (Wildman–Crippen MR) is 133 cm³/mol. The number of phenols is 1. The van der Waals surface area contributed by atoms with Crippen LogP contribution >= 0.6 is 24.0 Å². The van der Waals surface area contributed by atoms with Crippen LogP contribution in [0.5, 0.6) is 17.2 Å². The van der Waals surface area contributed by atoms with Crippen molar-refractivity contribution in [2.24, 2.45) is 4.99 Å². The summed E-state index contributed by atoms with van der Waals surface area (Å²) < 4.78 is 11.2. The third-order valence-electron chi connectivity index (χ3n) is 4.08. The molecule has 1 amide bonds. The first-order valence-electron chi connectivity index (χ1n) is 9.92. The summed E-state index contributed by atoms with van der Waals surface area (Å²) in [6, 6.07) is 13.6. The Hall–Kier alpha value is -2.69. The number of carbonyl (C=O) groups excluding carboxylic acids is 1. The molecule has 1 unspecified atom stereocenters. The van der Waals surface area contributed by atoms with Gasteiger partial charge in [-0.15, -0.1) is 24.0 Å². The summed E-state index contributed by atoms with van der Waals surface area (Å²) >= 11 is 0. The van der Waals surface area contributed by atoms with Gasteiger partial charge in [0.1, 0.15) is 11.9 Å². The van der Waals surface area contributed by atoms with Crippen LogP contribution in [0.4, 0.5) is 0 Å². The quantitative estimate of drug-likeness (QED) is 0.159. The topological polar surface area (TPSA) is 104 Å². The van der Waals surface area contributed by atoms with Crippen molar-refractivity contribution in [1.82, 2.24) is 16.0 Å². The molecule has 0 aliphatic rings. The van der Waals surface area contributed by atoms with E-state index in [1.165, 1.54) is 12.1 Å². The summed E-state index contributed by atoms with van der Waals surface area (Å²) in [5.41, 5.74) is 0.496. The maximum absolute atomic E-state index is 12.1. The standard InChI is InChI=1S/C22H30N4O4.HI/c1-4-23-22(25-14-13-24-21(28)17-9-11-18(27)12-10-17)26-15-16(2)30-20-8-6-5-7-19(20)29-3;/h5-12,16,27H,4,13-15H2,1-3H3,(H,24,28)(H2,23,25,26);1H. The lowest BCUT2D eigenvalue weighted by Crippen LogP contribution is -2.42. The Morgan fingerprint density at radius 2 is 1.68 bits per heavy atom. The van der Waals surface area contributed by atoms with Gasteiger partial charge in [-0.2, -0.15) is 0 Å². The largest absolute Gasteiger partial charge is 0.508 e. The zero-order valence-electron chi connectivity index (χ0n) is 18.1. The van der Waals surface area contributed by atoms with E-state index in [0.717, 1.165) is 0 Å². The van der Waals surface area contributed by atoms with E-state index in [4.69, 9.17) is 9.47 Å². The Morgan fingerprint density at radius 1 is 1.03 bits per heavy atom. The van der Waals surface area contributed by atoms with Gasteiger partial charge in [-0.3, -0.25) is 4.79 Å². The number of nitrogens with zero attached hydrogens (tertiary/aromatic N) is 1. The molecule has 0 saturated heterocycles. The Bertz CT molecular complexity index is 831. The average molecular weight is 542 g/mol. The number of rotatable bonds is 10. The Kier molecular flexibility index (Phi) is 12.2. The fraction of sp³-hybridized carbons (Fsp3) is 0.364. The molecular formula is C22H31IN4O4. The lowest BCUT2D eigenvalue weighted by molar-refractivity contribution is 0.0954. The zero-order chi connectivity index (χ0) is 21.8. The van der Waals surface area contributed by atoms with Gasteiger partial charge in [0.15, 0.2) is 17.5 Å². The van der Waals surface area contributed by atoms with Crippen LogP contribution in [0.25, 0.3) is 0 Å². The van der Waals surface area contributed by atoms with Gasteiger partial charge >= 0.3 is 0 Å². The van der Waals surface area contributed by atoms with E-state index in [0.29, 0.717) is 49.2 Å². The second kappa shape index (κ2) is 14.3. The van der Waals surface area contributed by atoms with Gasteiger partial charge in [0, 0.05) is 25.2 Å². The fourth-order valence-corrected chi connectivity index (χ4v) is 2.60. The SMILES string of the molecule is CCNC(=NCC(C)Oc1ccccc1OC)NCCNC(=O)c1ccc(O)cc1.I. The molecule has 0 aromatic heterocycles. The Labute approximate surface area is 200 Å². The molecule has 1 atom stereocenters. The van der Waals surface area contributed by atoms with Crippen LogP contribution in [0.3, 0.4) is 0 Å². The number of amides is 1. The third kappa shape index (κ3) is 9.33. The first-order valence-corrected chi connectivity index (χ1v) is 9.92. The Balaban J connectivity index is 0.00000480. The first kappa shape index (κ1) is 26.3. The van der Waals surface area contributed by atoms with Crippen molar-refractivity contribution in [3.8, 4) is 17.2 Å². The van der Waals surface area contributed by atoms with Gasteiger partial charge in [0.25, 0.3) is 5.91 Å². The molecule has 0 aliphatic heterocycles. The number of carbonyl (C=O) groups is 1. The minimum Gasteiger partial charge on any atom is -0.508 e. The highest BCUT2D eigenvalue weighted by molar-refractivity contribution is 14.0. The van der Waals surface area contributed by atoms with Crippen molar-refractivity contribution in [1.29, 1.82) is 0 Å². The van der Waals surface area contributed by atoms with Crippen molar-refractivity contribution in [2.45, 2.75) is 20.0 Å². The van der Waals surface area contributed by atoms with Crippen molar-refractivity contribution < 1.29 is 19.4 Å². The molecule has 0 saturated carbocycles. The molecule has 170 valence electrons. The number of para-hydroxylation sites is 2. The summed E-state index contributed by atoms with van der Waals surface area (Å²) in [5.74, 6) is 1.94. The van der Waals surface area contributed by atoms with Crippen molar-refractivity contribution in [3.05, 3.63) is 54.1 Å². The van der Waals surface area contributed by atoms with Gasteiger partial charge in [0.2, 0.25) is 0 Å². The van der Waals surface area contributed by atoms with Crippen LogP contribution in [0.15, 0.2) is 53.5 Å². The summed E-state index contributed by atoms with van der Waals surface area (Å²) in [5, 5.41) is 18.5.